The Morgan fingerprint density at radius 1 is 1.43 bits per heavy atom. The van der Waals surface area contributed by atoms with Gasteiger partial charge in [-0.3, -0.25) is 4.21 Å². The molecular formula is C11H23NOS. The Morgan fingerprint density at radius 2 is 2.14 bits per heavy atom. The van der Waals surface area contributed by atoms with Gasteiger partial charge in [0, 0.05) is 33.9 Å². The monoisotopic (exact) mass is 217 g/mol. The van der Waals surface area contributed by atoms with Crippen LogP contribution in [0.3, 0.4) is 0 Å². The maximum absolute atomic E-state index is 11.9. The van der Waals surface area contributed by atoms with E-state index >= 15 is 0 Å². The third-order valence-corrected chi connectivity index (χ3v) is 5.01. The molecule has 0 saturated carbocycles. The van der Waals surface area contributed by atoms with Gasteiger partial charge in [-0.25, -0.2) is 0 Å². The van der Waals surface area contributed by atoms with E-state index in [1.54, 1.807) is 0 Å². The van der Waals surface area contributed by atoms with E-state index in [1.165, 1.54) is 6.42 Å². The topological polar surface area (TPSA) is 29.1 Å². The van der Waals surface area contributed by atoms with Gasteiger partial charge in [0.05, 0.1) is 0 Å². The second-order valence-electron chi connectivity index (χ2n) is 4.28. The second kappa shape index (κ2) is 5.86. The Hall–Kier alpha value is 0.110. The third kappa shape index (κ3) is 3.06. The molecule has 1 heterocycles. The third-order valence-electron chi connectivity index (χ3n) is 3.04. The lowest BCUT2D eigenvalue weighted by molar-refractivity contribution is 0.407. The predicted octanol–water partition coefficient (Wildman–Crippen LogP) is 2.06. The molecule has 0 aliphatic carbocycles. The van der Waals surface area contributed by atoms with Crippen molar-refractivity contribution in [3.05, 3.63) is 0 Å². The average Bonchev–Trinajstić information content (AvgIpc) is 2.27. The molecule has 4 unspecified atom stereocenters. The number of hydrogen-bond acceptors (Lipinski definition) is 2. The molecule has 0 bridgehead atoms. The molecule has 0 aromatic rings. The Bertz CT molecular complexity index is 196. The quantitative estimate of drug-likeness (QED) is 0.784. The zero-order valence-corrected chi connectivity index (χ0v) is 10.4. The molecule has 1 aliphatic heterocycles. The fourth-order valence-electron chi connectivity index (χ4n) is 2.23. The minimum atomic E-state index is -0.610. The van der Waals surface area contributed by atoms with Gasteiger partial charge in [0.1, 0.15) is 0 Å². The molecular weight excluding hydrogens is 194 g/mol. The van der Waals surface area contributed by atoms with Crippen LogP contribution in [0.15, 0.2) is 0 Å². The molecule has 1 fully saturated rings. The lowest BCUT2D eigenvalue weighted by Crippen LogP contribution is -2.43. The molecule has 0 aromatic heterocycles. The van der Waals surface area contributed by atoms with Gasteiger partial charge in [-0.1, -0.05) is 20.3 Å². The summed E-state index contributed by atoms with van der Waals surface area (Å²) in [5, 5.41) is 3.99. The van der Waals surface area contributed by atoms with Gasteiger partial charge >= 0.3 is 0 Å². The molecule has 1 saturated heterocycles. The first-order valence-electron chi connectivity index (χ1n) is 5.82. The smallest absolute Gasteiger partial charge is 0.0498 e. The molecule has 3 heteroatoms. The van der Waals surface area contributed by atoms with Crippen LogP contribution in [0.1, 0.15) is 46.5 Å². The van der Waals surface area contributed by atoms with E-state index in [0.29, 0.717) is 17.3 Å². The fraction of sp³-hybridized carbons (Fsp3) is 1.00. The molecule has 1 aliphatic rings. The largest absolute Gasteiger partial charge is 0.310 e. The minimum absolute atomic E-state index is 0.375. The Balaban J connectivity index is 2.68. The number of nitrogens with one attached hydrogen (secondary N) is 1. The Labute approximate surface area is 90.3 Å². The van der Waals surface area contributed by atoms with E-state index in [2.05, 4.69) is 26.1 Å². The van der Waals surface area contributed by atoms with Gasteiger partial charge in [-0.05, 0) is 26.2 Å². The summed E-state index contributed by atoms with van der Waals surface area (Å²) >= 11 is 0. The summed E-state index contributed by atoms with van der Waals surface area (Å²) in [4.78, 5) is 0. The molecule has 1 rings (SSSR count). The van der Waals surface area contributed by atoms with Crippen molar-refractivity contribution in [2.45, 2.75) is 63.8 Å². The predicted molar refractivity (Wildman–Crippen MR) is 63.0 cm³/mol. The average molecular weight is 217 g/mol. The van der Waals surface area contributed by atoms with Crippen LogP contribution in [0.5, 0.6) is 0 Å². The normalized spacial score (nSPS) is 39.4. The van der Waals surface area contributed by atoms with Crippen molar-refractivity contribution in [3.8, 4) is 0 Å². The molecule has 4 atom stereocenters. The van der Waals surface area contributed by atoms with Gasteiger partial charge in [-0.15, -0.1) is 0 Å². The molecule has 0 aromatic carbocycles. The highest BCUT2D eigenvalue weighted by Crippen LogP contribution is 2.18. The molecule has 0 amide bonds. The summed E-state index contributed by atoms with van der Waals surface area (Å²) in [7, 11) is -0.610. The van der Waals surface area contributed by atoms with Gasteiger partial charge in [0.25, 0.3) is 0 Å². The number of hydrogen-bond donors (Lipinski definition) is 1. The van der Waals surface area contributed by atoms with Crippen molar-refractivity contribution >= 4 is 10.8 Å². The van der Waals surface area contributed by atoms with E-state index in [4.69, 9.17) is 0 Å². The number of rotatable bonds is 3. The van der Waals surface area contributed by atoms with E-state index in [9.17, 15) is 4.21 Å². The van der Waals surface area contributed by atoms with Crippen LogP contribution in [-0.4, -0.2) is 27.3 Å². The van der Waals surface area contributed by atoms with Gasteiger partial charge in [0.15, 0.2) is 0 Å². The lowest BCUT2D eigenvalue weighted by atomic mass is 10.0. The van der Waals surface area contributed by atoms with Crippen LogP contribution >= 0.6 is 0 Å². The Kier molecular flexibility index (Phi) is 5.10. The summed E-state index contributed by atoms with van der Waals surface area (Å²) in [6, 6.07) is 1.01. The maximum Gasteiger partial charge on any atom is 0.0498 e. The fourth-order valence-corrected chi connectivity index (χ4v) is 4.08. The summed E-state index contributed by atoms with van der Waals surface area (Å²) in [5.74, 6) is 0.882. The highest BCUT2D eigenvalue weighted by Gasteiger charge is 2.28. The molecule has 2 nitrogen and oxygen atoms in total. The van der Waals surface area contributed by atoms with Crippen LogP contribution in [0.25, 0.3) is 0 Å². The van der Waals surface area contributed by atoms with Crippen molar-refractivity contribution in [1.82, 2.24) is 5.32 Å². The van der Waals surface area contributed by atoms with Crippen LogP contribution in [0.4, 0.5) is 0 Å². The SMILES string of the molecule is CCCC1NC(C)CCS(=O)C1CC. The van der Waals surface area contributed by atoms with Crippen LogP contribution in [0, 0.1) is 0 Å². The van der Waals surface area contributed by atoms with Gasteiger partial charge in [0.2, 0.25) is 0 Å². The molecule has 1 N–H and O–H groups in total. The van der Waals surface area contributed by atoms with Crippen LogP contribution in [-0.2, 0) is 10.8 Å². The van der Waals surface area contributed by atoms with Gasteiger partial charge in [-0.2, -0.15) is 0 Å². The standard InChI is InChI=1S/C11H23NOS/c1-4-6-10-11(5-2)14(13)8-7-9(3)12-10/h9-12H,4-8H2,1-3H3. The van der Waals surface area contributed by atoms with E-state index in [1.807, 2.05) is 0 Å². The summed E-state index contributed by atoms with van der Waals surface area (Å²) in [5.41, 5.74) is 0. The first kappa shape index (κ1) is 12.2. The first-order valence-corrected chi connectivity index (χ1v) is 7.20. The van der Waals surface area contributed by atoms with Crippen LogP contribution in [0.2, 0.25) is 0 Å². The van der Waals surface area contributed by atoms with Crippen molar-refractivity contribution in [2.24, 2.45) is 0 Å². The van der Waals surface area contributed by atoms with Crippen molar-refractivity contribution in [1.29, 1.82) is 0 Å². The summed E-state index contributed by atoms with van der Waals surface area (Å²) < 4.78 is 11.9. The first-order chi connectivity index (χ1) is 6.69. The highest BCUT2D eigenvalue weighted by molar-refractivity contribution is 7.85. The lowest BCUT2D eigenvalue weighted by Gasteiger charge is -2.25. The highest BCUT2D eigenvalue weighted by atomic mass is 32.2. The Morgan fingerprint density at radius 3 is 2.71 bits per heavy atom. The van der Waals surface area contributed by atoms with Gasteiger partial charge < -0.3 is 5.32 Å². The summed E-state index contributed by atoms with van der Waals surface area (Å²) in [6.07, 6.45) is 4.44. The van der Waals surface area contributed by atoms with E-state index < -0.39 is 10.8 Å². The maximum atomic E-state index is 11.9. The molecule has 84 valence electrons. The molecule has 14 heavy (non-hydrogen) atoms. The van der Waals surface area contributed by atoms with E-state index in [-0.39, 0.29) is 0 Å². The second-order valence-corrected chi connectivity index (χ2v) is 6.06. The minimum Gasteiger partial charge on any atom is -0.310 e. The zero-order chi connectivity index (χ0) is 10.6. The van der Waals surface area contributed by atoms with Crippen LogP contribution < -0.4 is 5.32 Å². The van der Waals surface area contributed by atoms with Crippen molar-refractivity contribution in [3.63, 3.8) is 0 Å². The zero-order valence-electron chi connectivity index (χ0n) is 9.58. The van der Waals surface area contributed by atoms with E-state index in [0.717, 1.165) is 25.0 Å². The molecule has 0 radical (unpaired) electrons. The summed E-state index contributed by atoms with van der Waals surface area (Å²) in [6.45, 7) is 6.56. The molecule has 0 spiro atoms. The van der Waals surface area contributed by atoms with Crippen molar-refractivity contribution in [2.75, 3.05) is 5.75 Å². The van der Waals surface area contributed by atoms with Crippen molar-refractivity contribution < 1.29 is 4.21 Å².